The molecule has 1 aromatic heterocycles. The lowest BCUT2D eigenvalue weighted by atomic mass is 10.0. The Hall–Kier alpha value is -1.42. The van der Waals surface area contributed by atoms with Crippen molar-refractivity contribution in [3.63, 3.8) is 0 Å². The molecule has 1 aliphatic heterocycles. The first kappa shape index (κ1) is 14.5. The summed E-state index contributed by atoms with van der Waals surface area (Å²) in [7, 11) is 0. The van der Waals surface area contributed by atoms with Crippen LogP contribution in [-0.2, 0) is 11.3 Å². The van der Waals surface area contributed by atoms with Gasteiger partial charge in [0.25, 0.3) is 0 Å². The van der Waals surface area contributed by atoms with Crippen molar-refractivity contribution in [3.05, 3.63) is 30.1 Å². The average molecular weight is 287 g/mol. The van der Waals surface area contributed by atoms with Crippen LogP contribution < -0.4 is 0 Å². The third-order valence-electron chi connectivity index (χ3n) is 4.82. The molecule has 1 saturated heterocycles. The van der Waals surface area contributed by atoms with E-state index in [0.29, 0.717) is 11.8 Å². The number of piperazine rings is 1. The summed E-state index contributed by atoms with van der Waals surface area (Å²) in [5.74, 6) is 1.04. The summed E-state index contributed by atoms with van der Waals surface area (Å²) >= 11 is 0. The Kier molecular flexibility index (Phi) is 4.86. The first-order chi connectivity index (χ1) is 10.3. The molecule has 2 fully saturated rings. The van der Waals surface area contributed by atoms with Crippen LogP contribution in [0.1, 0.15) is 37.7 Å². The van der Waals surface area contributed by atoms with Crippen LogP contribution in [-0.4, -0.2) is 46.9 Å². The summed E-state index contributed by atoms with van der Waals surface area (Å²) in [4.78, 5) is 20.9. The van der Waals surface area contributed by atoms with Crippen molar-refractivity contribution in [2.45, 2.75) is 38.6 Å². The van der Waals surface area contributed by atoms with Gasteiger partial charge in [-0.15, -0.1) is 0 Å². The van der Waals surface area contributed by atoms with E-state index in [1.807, 2.05) is 12.4 Å². The number of hydrogen-bond donors (Lipinski definition) is 0. The lowest BCUT2D eigenvalue weighted by molar-refractivity contribution is -0.134. The van der Waals surface area contributed by atoms with E-state index in [1.165, 1.54) is 31.2 Å². The van der Waals surface area contributed by atoms with Gasteiger partial charge in [0, 0.05) is 51.5 Å². The average Bonchev–Trinajstić information content (AvgIpc) is 3.02. The van der Waals surface area contributed by atoms with E-state index in [9.17, 15) is 4.79 Å². The van der Waals surface area contributed by atoms with Crippen LogP contribution in [0.2, 0.25) is 0 Å². The predicted octanol–water partition coefficient (Wildman–Crippen LogP) is 2.31. The Labute approximate surface area is 127 Å². The van der Waals surface area contributed by atoms with Gasteiger partial charge in [0.2, 0.25) is 5.91 Å². The zero-order chi connectivity index (χ0) is 14.5. The molecule has 0 radical (unpaired) electrons. The van der Waals surface area contributed by atoms with Gasteiger partial charge in [0.05, 0.1) is 0 Å². The van der Waals surface area contributed by atoms with Gasteiger partial charge in [0.15, 0.2) is 0 Å². The molecule has 0 N–H and O–H groups in total. The van der Waals surface area contributed by atoms with E-state index >= 15 is 0 Å². The fourth-order valence-corrected chi connectivity index (χ4v) is 3.49. The summed E-state index contributed by atoms with van der Waals surface area (Å²) < 4.78 is 0. The molecular weight excluding hydrogens is 262 g/mol. The van der Waals surface area contributed by atoms with Gasteiger partial charge in [-0.2, -0.15) is 0 Å². The number of carbonyl (C=O) groups is 1. The van der Waals surface area contributed by atoms with Crippen molar-refractivity contribution in [1.29, 1.82) is 0 Å². The van der Waals surface area contributed by atoms with E-state index in [2.05, 4.69) is 26.9 Å². The predicted molar refractivity (Wildman–Crippen MR) is 82.7 cm³/mol. The molecule has 2 heterocycles. The maximum absolute atomic E-state index is 12.3. The van der Waals surface area contributed by atoms with Crippen molar-refractivity contribution in [3.8, 4) is 0 Å². The Morgan fingerprint density at radius 3 is 2.43 bits per heavy atom. The maximum atomic E-state index is 12.3. The second kappa shape index (κ2) is 7.03. The Morgan fingerprint density at radius 1 is 1.10 bits per heavy atom. The fraction of sp³-hybridized carbons (Fsp3) is 0.647. The summed E-state index contributed by atoms with van der Waals surface area (Å²) in [5.41, 5.74) is 1.30. The number of pyridine rings is 1. The van der Waals surface area contributed by atoms with E-state index in [4.69, 9.17) is 0 Å². The van der Waals surface area contributed by atoms with Gasteiger partial charge in [-0.3, -0.25) is 14.7 Å². The molecule has 114 valence electrons. The molecule has 1 aliphatic carbocycles. The highest BCUT2D eigenvalue weighted by Crippen LogP contribution is 2.28. The molecule has 3 rings (SSSR count). The minimum absolute atomic E-state index is 0.380. The van der Waals surface area contributed by atoms with Gasteiger partial charge in [0.1, 0.15) is 0 Å². The number of amides is 1. The molecule has 0 bridgehead atoms. The van der Waals surface area contributed by atoms with E-state index < -0.39 is 0 Å². The highest BCUT2D eigenvalue weighted by molar-refractivity contribution is 5.76. The van der Waals surface area contributed by atoms with Crippen LogP contribution >= 0.6 is 0 Å². The maximum Gasteiger partial charge on any atom is 0.222 e. The summed E-state index contributed by atoms with van der Waals surface area (Å²) in [5, 5.41) is 0. The largest absolute Gasteiger partial charge is 0.340 e. The minimum atomic E-state index is 0.380. The van der Waals surface area contributed by atoms with E-state index in [1.54, 1.807) is 0 Å². The molecule has 1 amide bonds. The van der Waals surface area contributed by atoms with Crippen molar-refractivity contribution < 1.29 is 4.79 Å². The lowest BCUT2D eigenvalue weighted by Gasteiger charge is -2.35. The van der Waals surface area contributed by atoms with Crippen LogP contribution in [0.4, 0.5) is 0 Å². The molecule has 1 saturated carbocycles. The second-order valence-electron chi connectivity index (χ2n) is 6.37. The van der Waals surface area contributed by atoms with Crippen LogP contribution in [0, 0.1) is 5.92 Å². The van der Waals surface area contributed by atoms with Crippen LogP contribution in [0.5, 0.6) is 0 Å². The minimum Gasteiger partial charge on any atom is -0.340 e. The highest BCUT2D eigenvalue weighted by Gasteiger charge is 2.24. The molecule has 4 nitrogen and oxygen atoms in total. The number of rotatable bonds is 4. The van der Waals surface area contributed by atoms with Crippen molar-refractivity contribution in [2.75, 3.05) is 26.2 Å². The standard InChI is InChI=1S/C17H25N3O/c21-17(13-15-3-1-2-4-15)20-11-9-19(10-12-20)14-16-5-7-18-8-6-16/h5-8,15H,1-4,9-14H2. The Morgan fingerprint density at radius 2 is 1.76 bits per heavy atom. The molecule has 0 spiro atoms. The summed E-state index contributed by atoms with van der Waals surface area (Å²) in [6.45, 7) is 4.71. The number of aromatic nitrogens is 1. The third-order valence-corrected chi connectivity index (χ3v) is 4.82. The molecule has 21 heavy (non-hydrogen) atoms. The zero-order valence-electron chi connectivity index (χ0n) is 12.7. The second-order valence-corrected chi connectivity index (χ2v) is 6.37. The number of carbonyl (C=O) groups excluding carboxylic acids is 1. The van der Waals surface area contributed by atoms with Crippen LogP contribution in [0.25, 0.3) is 0 Å². The van der Waals surface area contributed by atoms with E-state index in [0.717, 1.165) is 39.1 Å². The summed E-state index contributed by atoms with van der Waals surface area (Å²) in [6, 6.07) is 4.13. The molecule has 1 aromatic rings. The van der Waals surface area contributed by atoms with Crippen molar-refractivity contribution in [2.24, 2.45) is 5.92 Å². The Bertz CT molecular complexity index is 448. The van der Waals surface area contributed by atoms with Crippen LogP contribution in [0.3, 0.4) is 0 Å². The number of hydrogen-bond acceptors (Lipinski definition) is 3. The third kappa shape index (κ3) is 4.03. The van der Waals surface area contributed by atoms with Gasteiger partial charge in [-0.05, 0) is 36.5 Å². The molecule has 2 aliphatic rings. The normalized spacial score (nSPS) is 20.9. The van der Waals surface area contributed by atoms with Gasteiger partial charge in [-0.1, -0.05) is 12.8 Å². The summed E-state index contributed by atoms with van der Waals surface area (Å²) in [6.07, 6.45) is 9.62. The first-order valence-corrected chi connectivity index (χ1v) is 8.20. The quantitative estimate of drug-likeness (QED) is 0.852. The highest BCUT2D eigenvalue weighted by atomic mass is 16.2. The van der Waals surface area contributed by atoms with Crippen molar-refractivity contribution >= 4 is 5.91 Å². The molecular formula is C17H25N3O. The van der Waals surface area contributed by atoms with E-state index in [-0.39, 0.29) is 0 Å². The zero-order valence-corrected chi connectivity index (χ0v) is 12.7. The van der Waals surface area contributed by atoms with Gasteiger partial charge >= 0.3 is 0 Å². The molecule has 0 unspecified atom stereocenters. The molecule has 4 heteroatoms. The van der Waals surface area contributed by atoms with Gasteiger partial charge < -0.3 is 4.90 Å². The fourth-order valence-electron chi connectivity index (χ4n) is 3.49. The van der Waals surface area contributed by atoms with Crippen molar-refractivity contribution in [1.82, 2.24) is 14.8 Å². The Balaban J connectivity index is 1.43. The molecule has 0 aromatic carbocycles. The first-order valence-electron chi connectivity index (χ1n) is 8.20. The lowest BCUT2D eigenvalue weighted by Crippen LogP contribution is -2.48. The molecule has 0 atom stereocenters. The smallest absolute Gasteiger partial charge is 0.222 e. The van der Waals surface area contributed by atoms with Crippen LogP contribution in [0.15, 0.2) is 24.5 Å². The SMILES string of the molecule is O=C(CC1CCCC1)N1CCN(Cc2ccncc2)CC1. The topological polar surface area (TPSA) is 36.4 Å². The number of nitrogens with zero attached hydrogens (tertiary/aromatic N) is 3. The van der Waals surface area contributed by atoms with Gasteiger partial charge in [-0.25, -0.2) is 0 Å². The monoisotopic (exact) mass is 287 g/mol.